The van der Waals surface area contributed by atoms with Crippen molar-refractivity contribution in [1.29, 1.82) is 0 Å². The molecule has 0 aliphatic carbocycles. The van der Waals surface area contributed by atoms with Crippen LogP contribution in [0, 0.1) is 0 Å². The van der Waals surface area contributed by atoms with Crippen LogP contribution in [0.15, 0.2) is 35.3 Å². The number of hydrogen-bond acceptors (Lipinski definition) is 2. The normalized spacial score (nSPS) is 18.4. The van der Waals surface area contributed by atoms with Crippen LogP contribution >= 0.6 is 24.0 Å². The fraction of sp³-hybridized carbons (Fsp3) is 0.632. The third-order valence-corrected chi connectivity index (χ3v) is 4.93. The van der Waals surface area contributed by atoms with Crippen molar-refractivity contribution in [3.63, 3.8) is 0 Å². The van der Waals surface area contributed by atoms with Gasteiger partial charge in [0.05, 0.1) is 12.1 Å². The van der Waals surface area contributed by atoms with Gasteiger partial charge in [-0.05, 0) is 31.7 Å². The zero-order valence-electron chi connectivity index (χ0n) is 15.2. The summed E-state index contributed by atoms with van der Waals surface area (Å²) in [6.45, 7) is 9.46. The van der Waals surface area contributed by atoms with Gasteiger partial charge < -0.3 is 15.3 Å². The molecule has 2 N–H and O–H groups in total. The summed E-state index contributed by atoms with van der Waals surface area (Å²) in [6.07, 6.45) is 2.62. The van der Waals surface area contributed by atoms with Crippen molar-refractivity contribution in [2.45, 2.75) is 51.6 Å². The van der Waals surface area contributed by atoms with E-state index in [9.17, 15) is 5.11 Å². The second-order valence-electron chi connectivity index (χ2n) is 6.44. The molecular weight excluding hydrogens is 413 g/mol. The van der Waals surface area contributed by atoms with Crippen LogP contribution in [0.25, 0.3) is 0 Å². The molecule has 1 saturated heterocycles. The molecule has 1 aliphatic rings. The van der Waals surface area contributed by atoms with Gasteiger partial charge in [0, 0.05) is 25.6 Å². The SMILES string of the molecule is CCNC(=NCC(O)(CC)CC)N1CCC(c2ccccc2)C1.I. The maximum absolute atomic E-state index is 10.5. The van der Waals surface area contributed by atoms with Crippen LogP contribution in [-0.4, -0.2) is 47.7 Å². The molecule has 0 aromatic heterocycles. The number of guanidine groups is 1. The molecule has 4 nitrogen and oxygen atoms in total. The van der Waals surface area contributed by atoms with E-state index in [2.05, 4.69) is 47.5 Å². The summed E-state index contributed by atoms with van der Waals surface area (Å²) in [6, 6.07) is 10.7. The van der Waals surface area contributed by atoms with Crippen LogP contribution in [0.3, 0.4) is 0 Å². The number of aliphatic imine (C=N–C) groups is 1. The fourth-order valence-electron chi connectivity index (χ4n) is 3.07. The van der Waals surface area contributed by atoms with Crippen molar-refractivity contribution in [3.05, 3.63) is 35.9 Å². The smallest absolute Gasteiger partial charge is 0.194 e. The maximum Gasteiger partial charge on any atom is 0.194 e. The lowest BCUT2D eigenvalue weighted by molar-refractivity contribution is 0.0416. The molecule has 1 fully saturated rings. The van der Waals surface area contributed by atoms with Crippen LogP contribution in [0.4, 0.5) is 0 Å². The van der Waals surface area contributed by atoms with Crippen molar-refractivity contribution < 1.29 is 5.11 Å². The lowest BCUT2D eigenvalue weighted by Gasteiger charge is -2.26. The van der Waals surface area contributed by atoms with E-state index in [1.165, 1.54) is 5.56 Å². The van der Waals surface area contributed by atoms with Gasteiger partial charge in [-0.3, -0.25) is 4.99 Å². The van der Waals surface area contributed by atoms with E-state index >= 15 is 0 Å². The number of nitrogens with one attached hydrogen (secondary N) is 1. The first-order valence-corrected chi connectivity index (χ1v) is 8.92. The first-order valence-electron chi connectivity index (χ1n) is 8.92. The summed E-state index contributed by atoms with van der Waals surface area (Å²) in [5.74, 6) is 1.50. The molecular formula is C19H32IN3O. The Bertz CT molecular complexity index is 503. The lowest BCUT2D eigenvalue weighted by atomic mass is 9.98. The lowest BCUT2D eigenvalue weighted by Crippen LogP contribution is -2.41. The van der Waals surface area contributed by atoms with Crippen molar-refractivity contribution in [2.75, 3.05) is 26.2 Å². The summed E-state index contributed by atoms with van der Waals surface area (Å²) in [5, 5.41) is 13.8. The number of rotatable bonds is 6. The van der Waals surface area contributed by atoms with Crippen LogP contribution in [-0.2, 0) is 0 Å². The van der Waals surface area contributed by atoms with E-state index in [4.69, 9.17) is 4.99 Å². The zero-order chi connectivity index (χ0) is 16.7. The predicted molar refractivity (Wildman–Crippen MR) is 112 cm³/mol. The molecule has 0 radical (unpaired) electrons. The quantitative estimate of drug-likeness (QED) is 0.400. The summed E-state index contributed by atoms with van der Waals surface area (Å²) >= 11 is 0. The Morgan fingerprint density at radius 2 is 1.92 bits per heavy atom. The standard InChI is InChI=1S/C19H31N3O.HI/c1-4-19(23,5-2)15-21-18(20-6-3)22-13-12-17(14-22)16-10-8-7-9-11-16;/h7-11,17,23H,4-6,12-15H2,1-3H3,(H,20,21);1H. The van der Waals surface area contributed by atoms with Crippen LogP contribution < -0.4 is 5.32 Å². The third kappa shape index (κ3) is 5.62. The molecule has 1 heterocycles. The van der Waals surface area contributed by atoms with Crippen molar-refractivity contribution in [1.82, 2.24) is 10.2 Å². The Labute approximate surface area is 163 Å². The van der Waals surface area contributed by atoms with Crippen molar-refractivity contribution in [3.8, 4) is 0 Å². The first kappa shape index (κ1) is 21.2. The van der Waals surface area contributed by atoms with Gasteiger partial charge in [0.2, 0.25) is 0 Å². The largest absolute Gasteiger partial charge is 0.388 e. The van der Waals surface area contributed by atoms with E-state index in [1.54, 1.807) is 0 Å². The number of benzene rings is 1. The van der Waals surface area contributed by atoms with Gasteiger partial charge in [0.1, 0.15) is 0 Å². The third-order valence-electron chi connectivity index (χ3n) is 4.93. The molecule has 0 saturated carbocycles. The topological polar surface area (TPSA) is 47.9 Å². The summed E-state index contributed by atoms with van der Waals surface area (Å²) in [7, 11) is 0. The van der Waals surface area contributed by atoms with Gasteiger partial charge in [-0.1, -0.05) is 44.2 Å². The highest BCUT2D eigenvalue weighted by Gasteiger charge is 2.27. The van der Waals surface area contributed by atoms with Gasteiger partial charge in [-0.15, -0.1) is 24.0 Å². The number of nitrogens with zero attached hydrogens (tertiary/aromatic N) is 2. The molecule has 2 rings (SSSR count). The van der Waals surface area contributed by atoms with Crippen molar-refractivity contribution >= 4 is 29.9 Å². The van der Waals surface area contributed by atoms with E-state index < -0.39 is 5.60 Å². The summed E-state index contributed by atoms with van der Waals surface area (Å²) in [4.78, 5) is 7.05. The second-order valence-corrected chi connectivity index (χ2v) is 6.44. The molecule has 1 aliphatic heterocycles. The van der Waals surface area contributed by atoms with Gasteiger partial charge in [0.15, 0.2) is 5.96 Å². The monoisotopic (exact) mass is 445 g/mol. The van der Waals surface area contributed by atoms with Crippen LogP contribution in [0.2, 0.25) is 0 Å². The Kier molecular flexibility index (Phi) is 9.05. The Morgan fingerprint density at radius 1 is 1.25 bits per heavy atom. The van der Waals surface area contributed by atoms with E-state index in [1.807, 2.05) is 13.8 Å². The molecule has 0 spiro atoms. The minimum atomic E-state index is -0.681. The van der Waals surface area contributed by atoms with Gasteiger partial charge in [-0.25, -0.2) is 0 Å². The average Bonchev–Trinajstić information content (AvgIpc) is 3.09. The molecule has 0 bridgehead atoms. The molecule has 1 aromatic carbocycles. The van der Waals surface area contributed by atoms with E-state index in [0.29, 0.717) is 12.5 Å². The zero-order valence-corrected chi connectivity index (χ0v) is 17.5. The molecule has 1 atom stereocenters. The highest BCUT2D eigenvalue weighted by Crippen LogP contribution is 2.27. The van der Waals surface area contributed by atoms with Gasteiger partial charge in [0.25, 0.3) is 0 Å². The Hall–Kier alpha value is -0.820. The predicted octanol–water partition coefficient (Wildman–Crippen LogP) is 3.61. The molecule has 1 unspecified atom stereocenters. The highest BCUT2D eigenvalue weighted by molar-refractivity contribution is 14.0. The highest BCUT2D eigenvalue weighted by atomic mass is 127. The Morgan fingerprint density at radius 3 is 2.50 bits per heavy atom. The summed E-state index contributed by atoms with van der Waals surface area (Å²) < 4.78 is 0. The minimum Gasteiger partial charge on any atom is -0.388 e. The summed E-state index contributed by atoms with van der Waals surface area (Å²) in [5.41, 5.74) is 0.726. The molecule has 136 valence electrons. The minimum absolute atomic E-state index is 0. The van der Waals surface area contributed by atoms with Crippen LogP contribution in [0.1, 0.15) is 51.5 Å². The van der Waals surface area contributed by atoms with Gasteiger partial charge >= 0.3 is 0 Å². The van der Waals surface area contributed by atoms with E-state index in [-0.39, 0.29) is 24.0 Å². The molecule has 5 heteroatoms. The van der Waals surface area contributed by atoms with Crippen LogP contribution in [0.5, 0.6) is 0 Å². The number of hydrogen-bond donors (Lipinski definition) is 2. The molecule has 0 amide bonds. The van der Waals surface area contributed by atoms with Gasteiger partial charge in [-0.2, -0.15) is 0 Å². The first-order chi connectivity index (χ1) is 11.1. The average molecular weight is 445 g/mol. The number of aliphatic hydroxyl groups is 1. The van der Waals surface area contributed by atoms with E-state index in [0.717, 1.165) is 44.9 Å². The van der Waals surface area contributed by atoms with Crippen molar-refractivity contribution in [2.24, 2.45) is 4.99 Å². The molecule has 1 aromatic rings. The fourth-order valence-corrected chi connectivity index (χ4v) is 3.07. The second kappa shape index (κ2) is 10.2. The Balaban J connectivity index is 0.00000288. The maximum atomic E-state index is 10.5. The molecule has 24 heavy (non-hydrogen) atoms. The number of halogens is 1. The number of likely N-dealkylation sites (tertiary alicyclic amines) is 1.